The Morgan fingerprint density at radius 3 is 2.76 bits per heavy atom. The second-order valence-corrected chi connectivity index (χ2v) is 4.38. The number of amides is 1. The third kappa shape index (κ3) is 4.11. The Labute approximate surface area is 107 Å². The van der Waals surface area contributed by atoms with Crippen molar-refractivity contribution in [2.75, 3.05) is 13.1 Å². The lowest BCUT2D eigenvalue weighted by Gasteiger charge is -2.21. The molecule has 1 aromatic heterocycles. The molecule has 0 aromatic carbocycles. The molecule has 2 N–H and O–H groups in total. The van der Waals surface area contributed by atoms with Crippen LogP contribution in [0.3, 0.4) is 0 Å². The van der Waals surface area contributed by atoms with E-state index >= 15 is 0 Å². The third-order valence-corrected chi connectivity index (χ3v) is 2.36. The molecule has 0 saturated carbocycles. The quantitative estimate of drug-likeness (QED) is 0.806. The first kappa shape index (κ1) is 13.6. The number of carbonyl (C=O) groups excluding carboxylic acids is 1. The van der Waals surface area contributed by atoms with Crippen LogP contribution in [0.25, 0.3) is 0 Å². The lowest BCUT2D eigenvalue weighted by atomic mass is 10.2. The molecule has 0 saturated heterocycles. The van der Waals surface area contributed by atoms with E-state index < -0.39 is 0 Å². The molecule has 0 bridgehead atoms. The van der Waals surface area contributed by atoms with Gasteiger partial charge in [-0.25, -0.2) is 4.98 Å². The van der Waals surface area contributed by atoms with E-state index in [-0.39, 0.29) is 5.91 Å². The van der Waals surface area contributed by atoms with Gasteiger partial charge in [0.2, 0.25) is 0 Å². The van der Waals surface area contributed by atoms with Crippen molar-refractivity contribution in [2.45, 2.75) is 20.3 Å². The lowest BCUT2D eigenvalue weighted by molar-refractivity contribution is 0.0774. The van der Waals surface area contributed by atoms with E-state index in [0.717, 1.165) is 12.1 Å². The van der Waals surface area contributed by atoms with Gasteiger partial charge in [0.1, 0.15) is 5.69 Å². The van der Waals surface area contributed by atoms with Crippen LogP contribution in [-0.2, 0) is 0 Å². The molecule has 4 nitrogen and oxygen atoms in total. The molecule has 1 amide bonds. The summed E-state index contributed by atoms with van der Waals surface area (Å²) in [4.78, 5) is 18.3. The highest BCUT2D eigenvalue weighted by molar-refractivity contribution is 7.80. The molecule has 0 atom stereocenters. The highest BCUT2D eigenvalue weighted by atomic mass is 32.1. The smallest absolute Gasteiger partial charge is 0.272 e. The Morgan fingerprint density at radius 2 is 2.24 bits per heavy atom. The average Bonchev–Trinajstić information content (AvgIpc) is 2.27. The van der Waals surface area contributed by atoms with Crippen LogP contribution in [-0.4, -0.2) is 33.9 Å². The van der Waals surface area contributed by atoms with Gasteiger partial charge < -0.3 is 10.6 Å². The molecule has 1 rings (SSSR count). The van der Waals surface area contributed by atoms with Gasteiger partial charge in [0.15, 0.2) is 0 Å². The third-order valence-electron chi connectivity index (χ3n) is 2.23. The first-order valence-electron chi connectivity index (χ1n) is 5.55. The Bertz CT molecular complexity index is 420. The van der Waals surface area contributed by atoms with Crippen molar-refractivity contribution in [3.8, 4) is 0 Å². The zero-order valence-electron chi connectivity index (χ0n) is 10.1. The lowest BCUT2D eigenvalue weighted by Crippen LogP contribution is -2.38. The summed E-state index contributed by atoms with van der Waals surface area (Å²) in [7, 11) is 0. The highest BCUT2D eigenvalue weighted by Crippen LogP contribution is 2.04. The highest BCUT2D eigenvalue weighted by Gasteiger charge is 2.16. The topological polar surface area (TPSA) is 59.2 Å². The SMILES string of the molecule is CCCN(CC(N)=S)C(=O)c1cccc(C)n1. The fourth-order valence-electron chi connectivity index (χ4n) is 1.53. The molecule has 0 aliphatic carbocycles. The van der Waals surface area contributed by atoms with Gasteiger partial charge in [-0.3, -0.25) is 4.79 Å². The van der Waals surface area contributed by atoms with Crippen LogP contribution in [0.2, 0.25) is 0 Å². The molecule has 5 heteroatoms. The van der Waals surface area contributed by atoms with Gasteiger partial charge in [-0.05, 0) is 25.5 Å². The molecule has 1 heterocycles. The molecule has 0 unspecified atom stereocenters. The summed E-state index contributed by atoms with van der Waals surface area (Å²) in [5.41, 5.74) is 6.75. The standard InChI is InChI=1S/C12H17N3OS/c1-3-7-15(8-11(13)17)12(16)10-6-4-5-9(2)14-10/h4-6H,3,7-8H2,1-2H3,(H2,13,17). The number of thiocarbonyl (C=S) groups is 1. The Kier molecular flexibility index (Phi) is 5.03. The van der Waals surface area contributed by atoms with Gasteiger partial charge in [-0.1, -0.05) is 25.2 Å². The summed E-state index contributed by atoms with van der Waals surface area (Å²) in [5, 5.41) is 0. The molecule has 92 valence electrons. The van der Waals surface area contributed by atoms with E-state index in [4.69, 9.17) is 18.0 Å². The predicted molar refractivity (Wildman–Crippen MR) is 72.0 cm³/mol. The monoisotopic (exact) mass is 251 g/mol. The number of pyridine rings is 1. The van der Waals surface area contributed by atoms with E-state index in [1.807, 2.05) is 26.0 Å². The van der Waals surface area contributed by atoms with Crippen LogP contribution >= 0.6 is 12.2 Å². The number of nitrogens with two attached hydrogens (primary N) is 1. The van der Waals surface area contributed by atoms with Crippen LogP contribution in [0.5, 0.6) is 0 Å². The van der Waals surface area contributed by atoms with Crippen molar-refractivity contribution in [3.63, 3.8) is 0 Å². The van der Waals surface area contributed by atoms with Crippen molar-refractivity contribution in [3.05, 3.63) is 29.6 Å². The molecule has 0 radical (unpaired) electrons. The average molecular weight is 251 g/mol. The number of carbonyl (C=O) groups is 1. The Morgan fingerprint density at radius 1 is 1.53 bits per heavy atom. The van der Waals surface area contributed by atoms with Crippen molar-refractivity contribution in [1.29, 1.82) is 0 Å². The van der Waals surface area contributed by atoms with E-state index in [2.05, 4.69) is 4.98 Å². The van der Waals surface area contributed by atoms with Crippen LogP contribution < -0.4 is 5.73 Å². The summed E-state index contributed by atoms with van der Waals surface area (Å²) >= 11 is 4.84. The van der Waals surface area contributed by atoms with E-state index in [9.17, 15) is 4.79 Å². The van der Waals surface area contributed by atoms with Gasteiger partial charge in [0, 0.05) is 12.2 Å². The largest absolute Gasteiger partial charge is 0.392 e. The number of aryl methyl sites for hydroxylation is 1. The summed E-state index contributed by atoms with van der Waals surface area (Å²) in [6, 6.07) is 5.38. The zero-order chi connectivity index (χ0) is 12.8. The first-order chi connectivity index (χ1) is 8.04. The maximum atomic E-state index is 12.2. The Balaban J connectivity index is 2.87. The van der Waals surface area contributed by atoms with E-state index in [0.29, 0.717) is 23.8 Å². The number of hydrogen-bond donors (Lipinski definition) is 1. The van der Waals surface area contributed by atoms with Gasteiger partial charge in [-0.2, -0.15) is 0 Å². The second-order valence-electron chi connectivity index (χ2n) is 3.86. The van der Waals surface area contributed by atoms with Gasteiger partial charge >= 0.3 is 0 Å². The first-order valence-corrected chi connectivity index (χ1v) is 5.96. The minimum atomic E-state index is -0.122. The molecule has 17 heavy (non-hydrogen) atoms. The fourth-order valence-corrected chi connectivity index (χ4v) is 1.69. The summed E-state index contributed by atoms with van der Waals surface area (Å²) < 4.78 is 0. The van der Waals surface area contributed by atoms with Crippen LogP contribution in [0.4, 0.5) is 0 Å². The van der Waals surface area contributed by atoms with Crippen LogP contribution in [0.1, 0.15) is 29.5 Å². The van der Waals surface area contributed by atoms with Gasteiger partial charge in [-0.15, -0.1) is 0 Å². The number of aromatic nitrogens is 1. The van der Waals surface area contributed by atoms with Crippen LogP contribution in [0, 0.1) is 6.92 Å². The number of hydrogen-bond acceptors (Lipinski definition) is 3. The minimum Gasteiger partial charge on any atom is -0.392 e. The van der Waals surface area contributed by atoms with Gasteiger partial charge in [0.25, 0.3) is 5.91 Å². The normalized spacial score (nSPS) is 10.0. The molecular formula is C12H17N3OS. The van der Waals surface area contributed by atoms with E-state index in [1.165, 1.54) is 0 Å². The predicted octanol–water partition coefficient (Wildman–Crippen LogP) is 1.53. The minimum absolute atomic E-state index is 0.122. The maximum Gasteiger partial charge on any atom is 0.272 e. The van der Waals surface area contributed by atoms with Crippen molar-refractivity contribution >= 4 is 23.1 Å². The fraction of sp³-hybridized carbons (Fsp3) is 0.417. The van der Waals surface area contributed by atoms with Crippen molar-refractivity contribution in [1.82, 2.24) is 9.88 Å². The number of rotatable bonds is 5. The number of nitrogens with zero attached hydrogens (tertiary/aromatic N) is 2. The summed E-state index contributed by atoms with van der Waals surface area (Å²) in [6.45, 7) is 4.79. The molecule has 0 aliphatic heterocycles. The summed E-state index contributed by atoms with van der Waals surface area (Å²) in [6.07, 6.45) is 0.861. The van der Waals surface area contributed by atoms with Crippen molar-refractivity contribution < 1.29 is 4.79 Å². The van der Waals surface area contributed by atoms with Crippen molar-refractivity contribution in [2.24, 2.45) is 5.73 Å². The zero-order valence-corrected chi connectivity index (χ0v) is 11.0. The molecule has 0 fully saturated rings. The van der Waals surface area contributed by atoms with Crippen LogP contribution in [0.15, 0.2) is 18.2 Å². The summed E-state index contributed by atoms with van der Waals surface area (Å²) in [5.74, 6) is -0.122. The second kappa shape index (κ2) is 6.30. The molecule has 0 spiro atoms. The van der Waals surface area contributed by atoms with E-state index in [1.54, 1.807) is 11.0 Å². The van der Waals surface area contributed by atoms with Gasteiger partial charge in [0.05, 0.1) is 11.5 Å². The Hall–Kier alpha value is -1.49. The molecule has 1 aromatic rings. The molecular weight excluding hydrogens is 234 g/mol. The molecule has 0 aliphatic rings. The maximum absolute atomic E-state index is 12.2.